The maximum atomic E-state index is 12.6. The van der Waals surface area contributed by atoms with E-state index < -0.39 is 0 Å². The molecule has 0 aliphatic heterocycles. The fourth-order valence-electron chi connectivity index (χ4n) is 3.46. The number of carbonyl (C=O) groups is 1. The lowest BCUT2D eigenvalue weighted by Gasteiger charge is -2.12. The molecule has 0 bridgehead atoms. The van der Waals surface area contributed by atoms with Crippen molar-refractivity contribution in [2.75, 3.05) is 21.3 Å². The number of aryl methyl sites for hydroxylation is 1. The van der Waals surface area contributed by atoms with Gasteiger partial charge in [-0.3, -0.25) is 4.79 Å². The zero-order valence-electron chi connectivity index (χ0n) is 17.7. The summed E-state index contributed by atoms with van der Waals surface area (Å²) >= 11 is 0. The first-order chi connectivity index (χ1) is 14.1. The second kappa shape index (κ2) is 12.0. The van der Waals surface area contributed by atoms with Gasteiger partial charge in [-0.05, 0) is 49.1 Å². The standard InChI is InChI=1S/C24H32O5/c1-27-21-16-15-18(17-20(21)26)11-8-6-4-5-7-9-12-19(25)24-22(28-2)13-10-14-23(24)29-3/h10,13-17,26H,4-9,11-12H2,1-3H3. The van der Waals surface area contributed by atoms with Crippen LogP contribution in [-0.4, -0.2) is 32.2 Å². The summed E-state index contributed by atoms with van der Waals surface area (Å²) in [6, 6.07) is 11.0. The van der Waals surface area contributed by atoms with E-state index in [9.17, 15) is 9.90 Å². The SMILES string of the molecule is COc1ccc(CCCCCCCCC(=O)c2c(OC)cccc2OC)cc1O. The largest absolute Gasteiger partial charge is 0.504 e. The Labute approximate surface area is 173 Å². The highest BCUT2D eigenvalue weighted by atomic mass is 16.5. The van der Waals surface area contributed by atoms with Crippen molar-refractivity contribution in [1.29, 1.82) is 0 Å². The fourth-order valence-corrected chi connectivity index (χ4v) is 3.46. The monoisotopic (exact) mass is 400 g/mol. The topological polar surface area (TPSA) is 65.0 Å². The molecule has 0 fully saturated rings. The summed E-state index contributed by atoms with van der Waals surface area (Å²) in [7, 11) is 4.69. The van der Waals surface area contributed by atoms with Crippen LogP contribution in [0.1, 0.15) is 60.9 Å². The van der Waals surface area contributed by atoms with Gasteiger partial charge in [0.25, 0.3) is 0 Å². The summed E-state index contributed by atoms with van der Waals surface area (Å²) in [6.45, 7) is 0. The number of rotatable bonds is 13. The summed E-state index contributed by atoms with van der Waals surface area (Å²) in [5, 5.41) is 9.82. The fraction of sp³-hybridized carbons (Fsp3) is 0.458. The van der Waals surface area contributed by atoms with Crippen molar-refractivity contribution >= 4 is 5.78 Å². The van der Waals surface area contributed by atoms with Gasteiger partial charge in [-0.15, -0.1) is 0 Å². The average molecular weight is 401 g/mol. The summed E-state index contributed by atoms with van der Waals surface area (Å²) in [6.07, 6.45) is 7.84. The van der Waals surface area contributed by atoms with E-state index in [4.69, 9.17) is 14.2 Å². The zero-order chi connectivity index (χ0) is 21.1. The van der Waals surface area contributed by atoms with Crippen molar-refractivity contribution < 1.29 is 24.1 Å². The number of Topliss-reactive ketones (excluding diaryl/α,β-unsaturated/α-hetero) is 1. The Hall–Kier alpha value is -2.69. The van der Waals surface area contributed by atoms with Gasteiger partial charge >= 0.3 is 0 Å². The Morgan fingerprint density at radius 1 is 0.793 bits per heavy atom. The Morgan fingerprint density at radius 3 is 1.97 bits per heavy atom. The number of methoxy groups -OCH3 is 3. The van der Waals surface area contributed by atoms with E-state index in [-0.39, 0.29) is 11.5 Å². The number of benzene rings is 2. The minimum absolute atomic E-state index is 0.0682. The molecule has 1 N–H and O–H groups in total. The first-order valence-electron chi connectivity index (χ1n) is 10.2. The van der Waals surface area contributed by atoms with Crippen LogP contribution < -0.4 is 14.2 Å². The molecule has 2 rings (SSSR count). The second-order valence-electron chi connectivity index (χ2n) is 7.09. The van der Waals surface area contributed by atoms with Crippen LogP contribution in [-0.2, 0) is 6.42 Å². The van der Waals surface area contributed by atoms with Crippen LogP contribution in [0.3, 0.4) is 0 Å². The Kier molecular flexibility index (Phi) is 9.35. The zero-order valence-corrected chi connectivity index (χ0v) is 17.7. The van der Waals surface area contributed by atoms with E-state index in [0.29, 0.717) is 29.2 Å². The third kappa shape index (κ3) is 6.70. The van der Waals surface area contributed by atoms with Crippen molar-refractivity contribution in [2.45, 2.75) is 51.4 Å². The van der Waals surface area contributed by atoms with Crippen LogP contribution >= 0.6 is 0 Å². The van der Waals surface area contributed by atoms with E-state index in [0.717, 1.165) is 50.5 Å². The lowest BCUT2D eigenvalue weighted by atomic mass is 10.0. The molecule has 0 radical (unpaired) electrons. The second-order valence-corrected chi connectivity index (χ2v) is 7.09. The lowest BCUT2D eigenvalue weighted by Crippen LogP contribution is -2.05. The van der Waals surface area contributed by atoms with Crippen LogP contribution in [0.2, 0.25) is 0 Å². The molecule has 0 amide bonds. The van der Waals surface area contributed by atoms with Crippen LogP contribution in [0, 0.1) is 0 Å². The maximum absolute atomic E-state index is 12.6. The molecule has 5 heteroatoms. The van der Waals surface area contributed by atoms with Crippen molar-refractivity contribution in [1.82, 2.24) is 0 Å². The molecular weight excluding hydrogens is 368 g/mol. The van der Waals surface area contributed by atoms with Gasteiger partial charge in [0, 0.05) is 6.42 Å². The van der Waals surface area contributed by atoms with Gasteiger partial charge in [0.05, 0.1) is 21.3 Å². The highest BCUT2D eigenvalue weighted by Crippen LogP contribution is 2.30. The van der Waals surface area contributed by atoms with Gasteiger partial charge in [0.1, 0.15) is 17.1 Å². The van der Waals surface area contributed by atoms with E-state index in [1.54, 1.807) is 45.6 Å². The lowest BCUT2D eigenvalue weighted by molar-refractivity contribution is 0.0973. The third-order valence-corrected chi connectivity index (χ3v) is 5.07. The number of ether oxygens (including phenoxy) is 3. The molecule has 0 aliphatic carbocycles. The van der Waals surface area contributed by atoms with Crippen molar-refractivity contribution in [3.05, 3.63) is 47.5 Å². The molecule has 2 aromatic carbocycles. The molecule has 158 valence electrons. The van der Waals surface area contributed by atoms with Gasteiger partial charge in [-0.2, -0.15) is 0 Å². The van der Waals surface area contributed by atoms with Crippen molar-refractivity contribution in [3.8, 4) is 23.0 Å². The Morgan fingerprint density at radius 2 is 1.38 bits per heavy atom. The predicted molar refractivity (Wildman–Crippen MR) is 115 cm³/mol. The van der Waals surface area contributed by atoms with Gasteiger partial charge in [0.15, 0.2) is 17.3 Å². The highest BCUT2D eigenvalue weighted by Gasteiger charge is 2.17. The van der Waals surface area contributed by atoms with E-state index in [2.05, 4.69) is 0 Å². The third-order valence-electron chi connectivity index (χ3n) is 5.07. The predicted octanol–water partition coefficient (Wildman–Crippen LogP) is 5.57. The van der Waals surface area contributed by atoms with Gasteiger partial charge in [-0.1, -0.05) is 37.8 Å². The quantitative estimate of drug-likeness (QED) is 0.351. The van der Waals surface area contributed by atoms with E-state index in [1.165, 1.54) is 0 Å². The van der Waals surface area contributed by atoms with Crippen LogP contribution in [0.15, 0.2) is 36.4 Å². The smallest absolute Gasteiger partial charge is 0.170 e. The van der Waals surface area contributed by atoms with Crippen LogP contribution in [0.5, 0.6) is 23.0 Å². The number of carbonyl (C=O) groups excluding carboxylic acids is 1. The molecule has 0 aromatic heterocycles. The van der Waals surface area contributed by atoms with Crippen LogP contribution in [0.4, 0.5) is 0 Å². The molecule has 0 saturated heterocycles. The molecule has 2 aromatic rings. The minimum atomic E-state index is 0.0682. The molecule has 0 heterocycles. The summed E-state index contributed by atoms with van der Waals surface area (Å²) in [5.41, 5.74) is 1.67. The van der Waals surface area contributed by atoms with E-state index >= 15 is 0 Å². The summed E-state index contributed by atoms with van der Waals surface area (Å²) in [5.74, 6) is 1.91. The molecule has 0 aliphatic rings. The Balaban J connectivity index is 1.64. The number of phenols is 1. The normalized spacial score (nSPS) is 10.6. The molecule has 0 spiro atoms. The van der Waals surface area contributed by atoms with Crippen LogP contribution in [0.25, 0.3) is 0 Å². The molecule has 0 unspecified atom stereocenters. The molecule has 5 nitrogen and oxygen atoms in total. The van der Waals surface area contributed by atoms with Gasteiger partial charge in [-0.25, -0.2) is 0 Å². The van der Waals surface area contributed by atoms with Gasteiger partial charge < -0.3 is 19.3 Å². The highest BCUT2D eigenvalue weighted by molar-refractivity contribution is 6.01. The molecule has 29 heavy (non-hydrogen) atoms. The van der Waals surface area contributed by atoms with Crippen molar-refractivity contribution in [3.63, 3.8) is 0 Å². The first kappa shape index (κ1) is 22.6. The average Bonchev–Trinajstić information content (AvgIpc) is 2.74. The summed E-state index contributed by atoms with van der Waals surface area (Å²) in [4.78, 5) is 12.6. The Bertz CT molecular complexity index is 763. The summed E-state index contributed by atoms with van der Waals surface area (Å²) < 4.78 is 15.7. The maximum Gasteiger partial charge on any atom is 0.170 e. The number of hydrogen-bond acceptors (Lipinski definition) is 5. The first-order valence-corrected chi connectivity index (χ1v) is 10.2. The number of aromatic hydroxyl groups is 1. The molecule has 0 saturated carbocycles. The number of hydrogen-bond donors (Lipinski definition) is 1. The van der Waals surface area contributed by atoms with Crippen molar-refractivity contribution in [2.24, 2.45) is 0 Å². The number of ketones is 1. The number of unbranched alkanes of at least 4 members (excludes halogenated alkanes) is 5. The molecule has 0 atom stereocenters. The molecular formula is C24H32O5. The minimum Gasteiger partial charge on any atom is -0.504 e. The van der Waals surface area contributed by atoms with Gasteiger partial charge in [0.2, 0.25) is 0 Å². The number of phenolic OH excluding ortho intramolecular Hbond substituents is 1. The van der Waals surface area contributed by atoms with E-state index in [1.807, 2.05) is 12.1 Å².